The first kappa shape index (κ1) is 16.0. The number of benzene rings is 1. The van der Waals surface area contributed by atoms with Crippen molar-refractivity contribution in [2.75, 3.05) is 20.2 Å². The fourth-order valence-corrected chi connectivity index (χ4v) is 3.35. The zero-order valence-electron chi connectivity index (χ0n) is 13.0. The number of amides is 1. The van der Waals surface area contributed by atoms with E-state index in [0.717, 1.165) is 28.8 Å². The van der Waals surface area contributed by atoms with Gasteiger partial charge in [-0.1, -0.05) is 21.1 Å². The number of halogens is 1. The van der Waals surface area contributed by atoms with Crippen LogP contribution in [0.2, 0.25) is 0 Å². The van der Waals surface area contributed by atoms with Gasteiger partial charge in [-0.15, -0.1) is 5.10 Å². The number of ether oxygens (including phenoxy) is 1. The molecule has 1 atom stereocenters. The first-order valence-corrected chi connectivity index (χ1v) is 8.42. The van der Waals surface area contributed by atoms with E-state index in [0.29, 0.717) is 19.4 Å². The molecule has 122 valence electrons. The highest BCUT2D eigenvalue weighted by atomic mass is 79.9. The normalized spacial score (nSPS) is 17.5. The number of hydrogen-bond acceptors (Lipinski definition) is 4. The fraction of sp³-hybridized carbons (Fsp3) is 0.438. The number of methoxy groups -OCH3 is 1. The van der Waals surface area contributed by atoms with Gasteiger partial charge in [-0.2, -0.15) is 0 Å². The number of aromatic nitrogens is 3. The Balaban J connectivity index is 1.57. The maximum absolute atomic E-state index is 12.4. The fourth-order valence-electron chi connectivity index (χ4n) is 2.94. The Bertz CT molecular complexity index is 675. The molecule has 2 heterocycles. The van der Waals surface area contributed by atoms with Crippen LogP contribution in [-0.2, 0) is 11.2 Å². The van der Waals surface area contributed by atoms with Crippen molar-refractivity contribution in [3.63, 3.8) is 0 Å². The third kappa shape index (κ3) is 3.72. The van der Waals surface area contributed by atoms with Crippen LogP contribution in [0.3, 0.4) is 0 Å². The lowest BCUT2D eigenvalue weighted by atomic mass is 10.1. The van der Waals surface area contributed by atoms with Crippen molar-refractivity contribution in [1.29, 1.82) is 0 Å². The minimum atomic E-state index is 0.176. The zero-order valence-corrected chi connectivity index (χ0v) is 14.6. The van der Waals surface area contributed by atoms with E-state index < -0.39 is 0 Å². The maximum Gasteiger partial charge on any atom is 0.222 e. The second-order valence-electron chi connectivity index (χ2n) is 5.62. The molecule has 0 N–H and O–H groups in total. The van der Waals surface area contributed by atoms with Crippen molar-refractivity contribution in [2.24, 2.45) is 0 Å². The number of aryl methyl sites for hydroxylation is 1. The van der Waals surface area contributed by atoms with Crippen molar-refractivity contribution >= 4 is 21.8 Å². The molecule has 1 aliphatic heterocycles. The Hall–Kier alpha value is -1.89. The SMILES string of the molecule is COc1ccc(Br)cc1CCC(=O)N1CCC(n2ccnn2)C1. The van der Waals surface area contributed by atoms with Gasteiger partial charge in [0.25, 0.3) is 0 Å². The number of carbonyl (C=O) groups is 1. The summed E-state index contributed by atoms with van der Waals surface area (Å²) in [5, 5.41) is 7.86. The molecule has 1 aromatic carbocycles. The molecule has 1 aromatic heterocycles. The number of nitrogens with zero attached hydrogens (tertiary/aromatic N) is 4. The Morgan fingerprint density at radius 2 is 2.35 bits per heavy atom. The third-order valence-corrected chi connectivity index (χ3v) is 4.68. The average molecular weight is 379 g/mol. The van der Waals surface area contributed by atoms with Crippen LogP contribution in [0, 0.1) is 0 Å². The van der Waals surface area contributed by atoms with Crippen LogP contribution in [0.1, 0.15) is 24.4 Å². The molecular formula is C16H19BrN4O2. The van der Waals surface area contributed by atoms with Gasteiger partial charge < -0.3 is 9.64 Å². The lowest BCUT2D eigenvalue weighted by molar-refractivity contribution is -0.130. The summed E-state index contributed by atoms with van der Waals surface area (Å²) in [4.78, 5) is 14.4. The largest absolute Gasteiger partial charge is 0.496 e. The summed E-state index contributed by atoms with van der Waals surface area (Å²) in [5.74, 6) is 0.998. The van der Waals surface area contributed by atoms with E-state index in [2.05, 4.69) is 26.2 Å². The van der Waals surface area contributed by atoms with E-state index >= 15 is 0 Å². The van der Waals surface area contributed by atoms with E-state index in [1.807, 2.05) is 34.0 Å². The van der Waals surface area contributed by atoms with Crippen molar-refractivity contribution in [1.82, 2.24) is 19.9 Å². The average Bonchev–Trinajstić information content (AvgIpc) is 3.23. The number of hydrogen-bond donors (Lipinski definition) is 0. The van der Waals surface area contributed by atoms with Crippen molar-refractivity contribution in [3.8, 4) is 5.75 Å². The van der Waals surface area contributed by atoms with Crippen LogP contribution in [0.4, 0.5) is 0 Å². The monoisotopic (exact) mass is 378 g/mol. The molecule has 23 heavy (non-hydrogen) atoms. The highest BCUT2D eigenvalue weighted by Gasteiger charge is 2.27. The molecule has 3 rings (SSSR count). The molecule has 7 heteroatoms. The molecule has 1 amide bonds. The molecule has 6 nitrogen and oxygen atoms in total. The Kier molecular flexibility index (Phi) is 4.95. The molecule has 1 unspecified atom stereocenters. The van der Waals surface area contributed by atoms with Gasteiger partial charge >= 0.3 is 0 Å². The molecule has 2 aromatic rings. The van der Waals surface area contributed by atoms with Gasteiger partial charge in [0.1, 0.15) is 5.75 Å². The van der Waals surface area contributed by atoms with E-state index in [1.165, 1.54) is 0 Å². The first-order valence-electron chi connectivity index (χ1n) is 7.63. The van der Waals surface area contributed by atoms with Crippen LogP contribution in [-0.4, -0.2) is 46.0 Å². The Morgan fingerprint density at radius 1 is 1.48 bits per heavy atom. The molecule has 1 fully saturated rings. The smallest absolute Gasteiger partial charge is 0.222 e. The molecule has 1 aliphatic rings. The van der Waals surface area contributed by atoms with Crippen LogP contribution in [0.15, 0.2) is 35.1 Å². The van der Waals surface area contributed by atoms with Crippen molar-refractivity contribution in [3.05, 3.63) is 40.6 Å². The molecule has 0 radical (unpaired) electrons. The highest BCUT2D eigenvalue weighted by Crippen LogP contribution is 2.25. The lowest BCUT2D eigenvalue weighted by Crippen LogP contribution is -2.29. The summed E-state index contributed by atoms with van der Waals surface area (Å²) in [6.07, 6.45) is 5.60. The second kappa shape index (κ2) is 7.12. The molecule has 0 saturated carbocycles. The summed E-state index contributed by atoms with van der Waals surface area (Å²) in [5.41, 5.74) is 1.04. The van der Waals surface area contributed by atoms with Crippen LogP contribution < -0.4 is 4.74 Å². The standard InChI is InChI=1S/C16H19BrN4O2/c1-23-15-4-3-13(17)10-12(15)2-5-16(22)20-8-6-14(11-20)21-9-7-18-19-21/h3-4,7,9-10,14H,2,5-6,8,11H2,1H3. The van der Waals surface area contributed by atoms with Crippen LogP contribution in [0.5, 0.6) is 5.75 Å². The van der Waals surface area contributed by atoms with Crippen LogP contribution >= 0.6 is 15.9 Å². The number of likely N-dealkylation sites (tertiary alicyclic amines) is 1. The predicted octanol–water partition coefficient (Wildman–Crippen LogP) is 2.46. The predicted molar refractivity (Wildman–Crippen MR) is 89.3 cm³/mol. The molecule has 0 aliphatic carbocycles. The van der Waals surface area contributed by atoms with Gasteiger partial charge in [-0.3, -0.25) is 4.79 Å². The van der Waals surface area contributed by atoms with Gasteiger partial charge in [0.15, 0.2) is 0 Å². The minimum Gasteiger partial charge on any atom is -0.496 e. The van der Waals surface area contributed by atoms with E-state index in [-0.39, 0.29) is 11.9 Å². The van der Waals surface area contributed by atoms with Crippen molar-refractivity contribution in [2.45, 2.75) is 25.3 Å². The van der Waals surface area contributed by atoms with Gasteiger partial charge in [-0.05, 0) is 36.6 Å². The van der Waals surface area contributed by atoms with E-state index in [4.69, 9.17) is 4.74 Å². The number of rotatable bonds is 5. The minimum absolute atomic E-state index is 0.176. The molecule has 1 saturated heterocycles. The van der Waals surface area contributed by atoms with E-state index in [9.17, 15) is 4.79 Å². The van der Waals surface area contributed by atoms with E-state index in [1.54, 1.807) is 13.3 Å². The zero-order chi connectivity index (χ0) is 16.2. The summed E-state index contributed by atoms with van der Waals surface area (Å²) in [7, 11) is 1.65. The van der Waals surface area contributed by atoms with Gasteiger partial charge in [0.2, 0.25) is 5.91 Å². The lowest BCUT2D eigenvalue weighted by Gasteiger charge is -2.17. The summed E-state index contributed by atoms with van der Waals surface area (Å²) < 4.78 is 8.19. The van der Waals surface area contributed by atoms with Crippen molar-refractivity contribution < 1.29 is 9.53 Å². The van der Waals surface area contributed by atoms with Gasteiger partial charge in [0, 0.05) is 30.2 Å². The number of carbonyl (C=O) groups excluding carboxylic acids is 1. The molecule has 0 spiro atoms. The first-order chi connectivity index (χ1) is 11.2. The van der Waals surface area contributed by atoms with Gasteiger partial charge in [-0.25, -0.2) is 4.68 Å². The summed E-state index contributed by atoms with van der Waals surface area (Å²) in [6, 6.07) is 6.10. The third-order valence-electron chi connectivity index (χ3n) is 4.18. The molecular weight excluding hydrogens is 360 g/mol. The topological polar surface area (TPSA) is 60.2 Å². The Labute approximate surface area is 143 Å². The maximum atomic E-state index is 12.4. The summed E-state index contributed by atoms with van der Waals surface area (Å²) >= 11 is 3.46. The van der Waals surface area contributed by atoms with Crippen LogP contribution in [0.25, 0.3) is 0 Å². The highest BCUT2D eigenvalue weighted by molar-refractivity contribution is 9.10. The second-order valence-corrected chi connectivity index (χ2v) is 6.54. The molecule has 0 bridgehead atoms. The quantitative estimate of drug-likeness (QED) is 0.801. The Morgan fingerprint density at radius 3 is 3.09 bits per heavy atom. The summed E-state index contributed by atoms with van der Waals surface area (Å²) in [6.45, 7) is 1.48. The van der Waals surface area contributed by atoms with Gasteiger partial charge in [0.05, 0.1) is 19.3 Å².